The minimum absolute atomic E-state index is 0.174. The number of alkyl halides is 3. The molecule has 0 aliphatic carbocycles. The van der Waals surface area contributed by atoms with Gasteiger partial charge >= 0.3 is 6.36 Å². The van der Waals surface area contributed by atoms with Gasteiger partial charge in [-0.2, -0.15) is 0 Å². The summed E-state index contributed by atoms with van der Waals surface area (Å²) in [6.07, 6.45) is -4.54. The molecule has 0 saturated carbocycles. The van der Waals surface area contributed by atoms with Crippen molar-refractivity contribution in [2.75, 3.05) is 13.2 Å². The van der Waals surface area contributed by atoms with Crippen LogP contribution in [0.3, 0.4) is 0 Å². The van der Waals surface area contributed by atoms with Gasteiger partial charge in [0, 0.05) is 13.1 Å². The zero-order chi connectivity index (χ0) is 12.0. The molecule has 16 heavy (non-hydrogen) atoms. The third kappa shape index (κ3) is 5.72. The fraction of sp³-hybridized carbons (Fsp3) is 0.455. The number of hydrogen-bond donors (Lipinski definition) is 1. The summed E-state index contributed by atoms with van der Waals surface area (Å²) in [4.78, 5) is 0. The van der Waals surface area contributed by atoms with Gasteiger partial charge in [0.05, 0.1) is 6.61 Å². The maximum absolute atomic E-state index is 11.6. The van der Waals surface area contributed by atoms with E-state index in [1.807, 2.05) is 31.2 Å². The predicted octanol–water partition coefficient (Wildman–Crippen LogP) is 2.62. The van der Waals surface area contributed by atoms with Gasteiger partial charge in [0.15, 0.2) is 0 Å². The average Bonchev–Trinajstić information content (AvgIpc) is 2.19. The van der Waals surface area contributed by atoms with Crippen LogP contribution in [0, 0.1) is 6.92 Å². The summed E-state index contributed by atoms with van der Waals surface area (Å²) in [6.45, 7) is 2.33. The fourth-order valence-electron chi connectivity index (χ4n) is 1.18. The van der Waals surface area contributed by atoms with E-state index in [-0.39, 0.29) is 13.2 Å². The van der Waals surface area contributed by atoms with Crippen LogP contribution in [-0.2, 0) is 11.3 Å². The summed E-state index contributed by atoms with van der Waals surface area (Å²) in [7, 11) is 0. The molecule has 2 nitrogen and oxygen atoms in total. The van der Waals surface area contributed by atoms with E-state index in [4.69, 9.17) is 0 Å². The second-order valence-electron chi connectivity index (χ2n) is 3.46. The molecule has 0 unspecified atom stereocenters. The van der Waals surface area contributed by atoms with Crippen LogP contribution in [0.2, 0.25) is 0 Å². The van der Waals surface area contributed by atoms with Crippen LogP contribution < -0.4 is 5.32 Å². The highest BCUT2D eigenvalue weighted by atomic mass is 19.4. The first-order valence-corrected chi connectivity index (χ1v) is 4.94. The average molecular weight is 233 g/mol. The van der Waals surface area contributed by atoms with Crippen molar-refractivity contribution in [2.24, 2.45) is 0 Å². The van der Waals surface area contributed by atoms with Crippen molar-refractivity contribution in [1.82, 2.24) is 5.32 Å². The van der Waals surface area contributed by atoms with Crippen LogP contribution in [0.15, 0.2) is 24.3 Å². The van der Waals surface area contributed by atoms with E-state index in [1.54, 1.807) is 0 Å². The molecule has 0 spiro atoms. The molecule has 0 aromatic heterocycles. The first-order valence-electron chi connectivity index (χ1n) is 4.94. The van der Waals surface area contributed by atoms with Crippen molar-refractivity contribution in [3.63, 3.8) is 0 Å². The molecular weight excluding hydrogens is 219 g/mol. The Labute approximate surface area is 92.4 Å². The third-order valence-corrected chi connectivity index (χ3v) is 1.99. The summed E-state index contributed by atoms with van der Waals surface area (Å²) in [6, 6.07) is 7.80. The molecule has 1 rings (SSSR count). The molecule has 0 saturated heterocycles. The SMILES string of the molecule is Cc1ccc(CNCCOC(F)(F)F)cc1. The van der Waals surface area contributed by atoms with E-state index >= 15 is 0 Å². The lowest BCUT2D eigenvalue weighted by atomic mass is 10.1. The molecule has 0 bridgehead atoms. The van der Waals surface area contributed by atoms with Crippen LogP contribution in [0.1, 0.15) is 11.1 Å². The Morgan fingerprint density at radius 1 is 1.19 bits per heavy atom. The van der Waals surface area contributed by atoms with Crippen LogP contribution in [0.25, 0.3) is 0 Å². The number of aryl methyl sites for hydroxylation is 1. The standard InChI is InChI=1S/C11H14F3NO/c1-9-2-4-10(5-3-9)8-15-6-7-16-11(12,13)14/h2-5,15H,6-8H2,1H3. The van der Waals surface area contributed by atoms with Crippen molar-refractivity contribution in [2.45, 2.75) is 19.8 Å². The zero-order valence-electron chi connectivity index (χ0n) is 8.97. The van der Waals surface area contributed by atoms with Gasteiger partial charge in [-0.05, 0) is 12.5 Å². The monoisotopic (exact) mass is 233 g/mol. The lowest BCUT2D eigenvalue weighted by Crippen LogP contribution is -2.23. The van der Waals surface area contributed by atoms with Crippen LogP contribution in [-0.4, -0.2) is 19.5 Å². The van der Waals surface area contributed by atoms with E-state index in [2.05, 4.69) is 10.1 Å². The molecule has 0 radical (unpaired) electrons. The van der Waals surface area contributed by atoms with E-state index < -0.39 is 6.36 Å². The maximum atomic E-state index is 11.6. The Kier molecular flexibility index (Phi) is 4.76. The second-order valence-corrected chi connectivity index (χ2v) is 3.46. The number of benzene rings is 1. The highest BCUT2D eigenvalue weighted by Gasteiger charge is 2.28. The van der Waals surface area contributed by atoms with Gasteiger partial charge in [0.1, 0.15) is 0 Å². The Balaban J connectivity index is 2.14. The molecular formula is C11H14F3NO. The highest BCUT2D eigenvalue weighted by Crippen LogP contribution is 2.15. The summed E-state index contributed by atoms with van der Waals surface area (Å²) in [5.41, 5.74) is 2.20. The summed E-state index contributed by atoms with van der Waals surface area (Å²) in [5, 5.41) is 2.87. The molecule has 1 aromatic carbocycles. The second kappa shape index (κ2) is 5.86. The Morgan fingerprint density at radius 2 is 1.81 bits per heavy atom. The molecule has 1 N–H and O–H groups in total. The van der Waals surface area contributed by atoms with E-state index in [0.717, 1.165) is 11.1 Å². The molecule has 1 aromatic rings. The highest BCUT2D eigenvalue weighted by molar-refractivity contribution is 5.20. The fourth-order valence-corrected chi connectivity index (χ4v) is 1.18. The van der Waals surface area contributed by atoms with Gasteiger partial charge in [0.2, 0.25) is 0 Å². The van der Waals surface area contributed by atoms with Crippen LogP contribution in [0.5, 0.6) is 0 Å². The Morgan fingerprint density at radius 3 is 2.38 bits per heavy atom. The molecule has 0 heterocycles. The van der Waals surface area contributed by atoms with Gasteiger partial charge in [-0.15, -0.1) is 13.2 Å². The van der Waals surface area contributed by atoms with E-state index in [9.17, 15) is 13.2 Å². The maximum Gasteiger partial charge on any atom is 0.522 e. The number of halogens is 3. The minimum atomic E-state index is -4.54. The number of nitrogens with one attached hydrogen (secondary N) is 1. The van der Waals surface area contributed by atoms with Crippen molar-refractivity contribution >= 4 is 0 Å². The summed E-state index contributed by atoms with van der Waals surface area (Å²) in [5.74, 6) is 0. The lowest BCUT2D eigenvalue weighted by molar-refractivity contribution is -0.323. The third-order valence-electron chi connectivity index (χ3n) is 1.99. The quantitative estimate of drug-likeness (QED) is 0.789. The summed E-state index contributed by atoms with van der Waals surface area (Å²) >= 11 is 0. The van der Waals surface area contributed by atoms with Crippen molar-refractivity contribution in [3.05, 3.63) is 35.4 Å². The molecule has 5 heteroatoms. The van der Waals surface area contributed by atoms with Crippen molar-refractivity contribution in [3.8, 4) is 0 Å². The summed E-state index contributed by atoms with van der Waals surface area (Å²) < 4.78 is 38.4. The molecule has 90 valence electrons. The smallest absolute Gasteiger partial charge is 0.310 e. The normalized spacial score (nSPS) is 11.8. The predicted molar refractivity (Wildman–Crippen MR) is 54.9 cm³/mol. The van der Waals surface area contributed by atoms with Crippen molar-refractivity contribution < 1.29 is 17.9 Å². The minimum Gasteiger partial charge on any atom is -0.310 e. The van der Waals surface area contributed by atoms with E-state index in [1.165, 1.54) is 0 Å². The van der Waals surface area contributed by atoms with Gasteiger partial charge in [-0.25, -0.2) is 0 Å². The van der Waals surface area contributed by atoms with Crippen molar-refractivity contribution in [1.29, 1.82) is 0 Å². The van der Waals surface area contributed by atoms with Gasteiger partial charge < -0.3 is 5.32 Å². The zero-order valence-corrected chi connectivity index (χ0v) is 8.97. The molecule has 0 amide bonds. The molecule has 0 aliphatic rings. The lowest BCUT2D eigenvalue weighted by Gasteiger charge is -2.08. The number of hydrogen-bond acceptors (Lipinski definition) is 2. The Hall–Kier alpha value is -1.07. The van der Waals surface area contributed by atoms with Gasteiger partial charge in [0.25, 0.3) is 0 Å². The van der Waals surface area contributed by atoms with Gasteiger partial charge in [-0.3, -0.25) is 4.74 Å². The van der Waals surface area contributed by atoms with E-state index in [0.29, 0.717) is 6.54 Å². The van der Waals surface area contributed by atoms with Gasteiger partial charge in [-0.1, -0.05) is 29.8 Å². The largest absolute Gasteiger partial charge is 0.522 e. The topological polar surface area (TPSA) is 21.3 Å². The Bertz CT molecular complexity index is 308. The number of ether oxygens (including phenoxy) is 1. The molecule has 0 aliphatic heterocycles. The molecule has 0 atom stereocenters. The molecule has 0 fully saturated rings. The van der Waals surface area contributed by atoms with Crippen LogP contribution >= 0.6 is 0 Å². The number of rotatable bonds is 5. The van der Waals surface area contributed by atoms with Crippen LogP contribution in [0.4, 0.5) is 13.2 Å². The first kappa shape index (κ1) is 13.0. The first-order chi connectivity index (χ1) is 7.47.